The number of aryl methyl sites for hydroxylation is 3. The molecule has 0 saturated heterocycles. The summed E-state index contributed by atoms with van der Waals surface area (Å²) in [6.45, 7) is 6.60. The van der Waals surface area contributed by atoms with Crippen LogP contribution in [0, 0.1) is 20.8 Å². The molecule has 12 aromatic rings. The fourth-order valence-electron chi connectivity index (χ4n) is 10.1. The highest BCUT2D eigenvalue weighted by Gasteiger charge is 2.22. The lowest BCUT2D eigenvalue weighted by Crippen LogP contribution is -1.92. The van der Waals surface area contributed by atoms with Crippen LogP contribution in [-0.4, -0.2) is 9.97 Å². The molecule has 0 aliphatic rings. The summed E-state index contributed by atoms with van der Waals surface area (Å²) >= 11 is 0. The van der Waals surface area contributed by atoms with Crippen LogP contribution in [0.25, 0.3) is 121 Å². The zero-order chi connectivity index (χ0) is 42.9. The topological polar surface area (TPSA) is 38.9 Å². The zero-order valence-electron chi connectivity index (χ0n) is 35.9. The van der Waals surface area contributed by atoms with Gasteiger partial charge in [-0.1, -0.05) is 163 Å². The van der Waals surface area contributed by atoms with Crippen LogP contribution in [0.2, 0.25) is 0 Å². The van der Waals surface area contributed by atoms with Crippen LogP contribution < -0.4 is 0 Å². The van der Waals surface area contributed by atoms with Gasteiger partial charge in [0.05, 0.1) is 22.9 Å². The second-order valence-corrected chi connectivity index (χ2v) is 17.1. The summed E-state index contributed by atoms with van der Waals surface area (Å²) in [6, 6.07) is 69.7. The zero-order valence-corrected chi connectivity index (χ0v) is 35.9. The minimum Gasteiger partial charge on any atom is -0.455 e. The predicted octanol–water partition coefficient (Wildman–Crippen LogP) is 16.8. The third-order valence-electron chi connectivity index (χ3n) is 12.9. The molecule has 0 unspecified atom stereocenters. The summed E-state index contributed by atoms with van der Waals surface area (Å²) in [4.78, 5) is 10.4. The first-order chi connectivity index (χ1) is 31.4. The first kappa shape index (κ1) is 37.6. The Morgan fingerprint density at radius 1 is 0.344 bits per heavy atom. The monoisotopic (exact) mass is 818 g/mol. The standard InChI is InChI=1S/C61H42N2O/c1-37-28-38(2)57(39(3)29-37)55-35-47(41-18-8-5-9-19-41)34-54-53-33-46(40-16-6-4-7-17-40)32-52(60(53)64-61(54)55)44-22-14-20-42(30-44)43-21-15-23-45(31-43)56-36-62-58-50-26-12-10-24-48(50)49-25-11-13-27-51(49)59(58)63-56/h4-36H,1-3H3. The van der Waals surface area contributed by atoms with Crippen molar-refractivity contribution in [3.63, 3.8) is 0 Å². The van der Waals surface area contributed by atoms with E-state index < -0.39 is 0 Å². The van der Waals surface area contributed by atoms with E-state index in [1.165, 1.54) is 38.6 Å². The van der Waals surface area contributed by atoms with Gasteiger partial charge in [0, 0.05) is 38.2 Å². The number of aromatic nitrogens is 2. The Bertz CT molecular complexity index is 3750. The number of hydrogen-bond donors (Lipinski definition) is 0. The normalized spacial score (nSPS) is 11.7. The molecule has 0 amide bonds. The van der Waals surface area contributed by atoms with Gasteiger partial charge in [0.2, 0.25) is 0 Å². The maximum Gasteiger partial charge on any atom is 0.143 e. The SMILES string of the molecule is Cc1cc(C)c(-c2cc(-c3ccccc3)cc3c2oc2c(-c4cccc(-c5cccc(-c6cnc7c8ccccc8c8ccccc8c7n6)c5)c4)cc(-c4ccccc4)cc23)c(C)c1. The number of rotatable bonds is 6. The summed E-state index contributed by atoms with van der Waals surface area (Å²) in [5.74, 6) is 0. The largest absolute Gasteiger partial charge is 0.455 e. The Morgan fingerprint density at radius 2 is 0.812 bits per heavy atom. The number of furan rings is 1. The van der Waals surface area contributed by atoms with Crippen LogP contribution in [0.15, 0.2) is 205 Å². The van der Waals surface area contributed by atoms with Crippen molar-refractivity contribution in [1.82, 2.24) is 9.97 Å². The van der Waals surface area contributed by atoms with Gasteiger partial charge in [-0.25, -0.2) is 4.98 Å². The lowest BCUT2D eigenvalue weighted by molar-refractivity contribution is 0.671. The molecule has 0 spiro atoms. The van der Waals surface area contributed by atoms with Crippen LogP contribution in [-0.2, 0) is 0 Å². The molecule has 2 heterocycles. The molecule has 3 nitrogen and oxygen atoms in total. The molecule has 0 atom stereocenters. The Kier molecular flexibility index (Phi) is 8.84. The fraction of sp³-hybridized carbons (Fsp3) is 0.0492. The second-order valence-electron chi connectivity index (χ2n) is 17.1. The second kappa shape index (κ2) is 15.0. The van der Waals surface area contributed by atoms with Gasteiger partial charge in [-0.05, 0) is 124 Å². The van der Waals surface area contributed by atoms with Crippen molar-refractivity contribution in [2.24, 2.45) is 0 Å². The molecule has 10 aromatic carbocycles. The molecule has 0 aliphatic heterocycles. The summed E-state index contributed by atoms with van der Waals surface area (Å²) in [5, 5.41) is 6.80. The molecule has 0 aliphatic carbocycles. The predicted molar refractivity (Wildman–Crippen MR) is 269 cm³/mol. The van der Waals surface area contributed by atoms with Crippen molar-refractivity contribution >= 4 is 54.5 Å². The third-order valence-corrected chi connectivity index (χ3v) is 12.9. The molecule has 0 saturated carbocycles. The molecule has 0 fully saturated rings. The van der Waals surface area contributed by atoms with Crippen molar-refractivity contribution in [1.29, 1.82) is 0 Å². The van der Waals surface area contributed by atoms with Gasteiger partial charge in [-0.15, -0.1) is 0 Å². The van der Waals surface area contributed by atoms with Crippen molar-refractivity contribution in [2.45, 2.75) is 20.8 Å². The van der Waals surface area contributed by atoms with E-state index in [9.17, 15) is 0 Å². The van der Waals surface area contributed by atoms with E-state index in [1.807, 2.05) is 6.20 Å². The van der Waals surface area contributed by atoms with Gasteiger partial charge in [0.15, 0.2) is 0 Å². The number of benzene rings is 10. The molecule has 64 heavy (non-hydrogen) atoms. The first-order valence-corrected chi connectivity index (χ1v) is 22.0. The Morgan fingerprint density at radius 3 is 1.42 bits per heavy atom. The molecular weight excluding hydrogens is 777 g/mol. The van der Waals surface area contributed by atoms with Crippen molar-refractivity contribution in [2.75, 3.05) is 0 Å². The van der Waals surface area contributed by atoms with Gasteiger partial charge >= 0.3 is 0 Å². The smallest absolute Gasteiger partial charge is 0.143 e. The van der Waals surface area contributed by atoms with Gasteiger partial charge in [0.1, 0.15) is 11.2 Å². The average molecular weight is 819 g/mol. The van der Waals surface area contributed by atoms with E-state index in [4.69, 9.17) is 14.4 Å². The molecule has 12 rings (SSSR count). The van der Waals surface area contributed by atoms with Gasteiger partial charge < -0.3 is 4.42 Å². The number of nitrogens with zero attached hydrogens (tertiary/aromatic N) is 2. The summed E-state index contributed by atoms with van der Waals surface area (Å²) < 4.78 is 7.25. The van der Waals surface area contributed by atoms with E-state index in [2.05, 4.69) is 215 Å². The van der Waals surface area contributed by atoms with E-state index >= 15 is 0 Å². The van der Waals surface area contributed by atoms with Crippen LogP contribution in [0.3, 0.4) is 0 Å². The fourth-order valence-corrected chi connectivity index (χ4v) is 10.1. The molecule has 302 valence electrons. The van der Waals surface area contributed by atoms with E-state index in [-0.39, 0.29) is 0 Å². The molecule has 2 aromatic heterocycles. The molecule has 0 bridgehead atoms. The van der Waals surface area contributed by atoms with E-state index in [1.54, 1.807) is 0 Å². The molecule has 0 radical (unpaired) electrons. The quantitative estimate of drug-likeness (QED) is 0.157. The highest BCUT2D eigenvalue weighted by Crippen LogP contribution is 2.46. The maximum absolute atomic E-state index is 7.25. The molecule has 0 N–H and O–H groups in total. The third kappa shape index (κ3) is 6.28. The lowest BCUT2D eigenvalue weighted by Gasteiger charge is -2.14. The van der Waals surface area contributed by atoms with Crippen LogP contribution in [0.4, 0.5) is 0 Å². The Hall–Kier alpha value is -8.14. The lowest BCUT2D eigenvalue weighted by atomic mass is 9.89. The molecular formula is C61H42N2O. The maximum atomic E-state index is 7.25. The van der Waals surface area contributed by atoms with Crippen molar-refractivity contribution in [3.8, 4) is 66.9 Å². The highest BCUT2D eigenvalue weighted by molar-refractivity contribution is 6.23. The number of fused-ring (bicyclic) bond motifs is 9. The summed E-state index contributed by atoms with van der Waals surface area (Å²) in [5.41, 5.74) is 20.5. The van der Waals surface area contributed by atoms with Crippen molar-refractivity contribution < 1.29 is 4.42 Å². The van der Waals surface area contributed by atoms with Crippen LogP contribution in [0.1, 0.15) is 16.7 Å². The highest BCUT2D eigenvalue weighted by atomic mass is 16.3. The van der Waals surface area contributed by atoms with Crippen molar-refractivity contribution in [3.05, 3.63) is 217 Å². The van der Waals surface area contributed by atoms with E-state index in [0.717, 1.165) is 99.5 Å². The minimum absolute atomic E-state index is 0.843. The molecule has 3 heteroatoms. The van der Waals surface area contributed by atoms with Crippen LogP contribution >= 0.6 is 0 Å². The summed E-state index contributed by atoms with van der Waals surface area (Å²) in [6.07, 6.45) is 1.92. The van der Waals surface area contributed by atoms with Gasteiger partial charge in [-0.2, -0.15) is 0 Å². The van der Waals surface area contributed by atoms with Gasteiger partial charge in [0.25, 0.3) is 0 Å². The minimum atomic E-state index is 0.843. The van der Waals surface area contributed by atoms with Crippen LogP contribution in [0.5, 0.6) is 0 Å². The average Bonchev–Trinajstić information content (AvgIpc) is 3.73. The Balaban J connectivity index is 1.04. The summed E-state index contributed by atoms with van der Waals surface area (Å²) in [7, 11) is 0. The van der Waals surface area contributed by atoms with E-state index in [0.29, 0.717) is 0 Å². The first-order valence-electron chi connectivity index (χ1n) is 22.0. The number of hydrogen-bond acceptors (Lipinski definition) is 3. The Labute approximate surface area is 372 Å². The van der Waals surface area contributed by atoms with Gasteiger partial charge in [-0.3, -0.25) is 4.98 Å².